The van der Waals surface area contributed by atoms with E-state index in [1.54, 1.807) is 0 Å². The molecule has 1 atom stereocenters. The monoisotopic (exact) mass is 267 g/mol. The fraction of sp³-hybridized carbons (Fsp3) is 0.368. The van der Waals surface area contributed by atoms with Crippen LogP contribution in [0.25, 0.3) is 0 Å². The van der Waals surface area contributed by atoms with Crippen molar-refractivity contribution >= 4 is 5.69 Å². The molecule has 2 aromatic carbocycles. The van der Waals surface area contributed by atoms with Crippen molar-refractivity contribution in [3.05, 3.63) is 65.7 Å². The summed E-state index contributed by atoms with van der Waals surface area (Å²) in [5.74, 6) is 0.580. The second-order valence-electron chi connectivity index (χ2n) is 5.85. The van der Waals surface area contributed by atoms with E-state index in [2.05, 4.69) is 80.7 Å². The van der Waals surface area contributed by atoms with Crippen LogP contribution in [0.5, 0.6) is 0 Å². The fourth-order valence-corrected chi connectivity index (χ4v) is 2.37. The Kier molecular flexibility index (Phi) is 5.23. The third-order valence-corrected chi connectivity index (χ3v) is 3.68. The standard InChI is InChI=1S/C19H25N/c1-15(2)18-10-7-11-19(14-18)20-16(3)12-13-17-8-5-4-6-9-17/h4-11,14-16,20H,12-13H2,1-3H3. The number of hydrogen-bond donors (Lipinski definition) is 1. The van der Waals surface area contributed by atoms with Crippen LogP contribution >= 0.6 is 0 Å². The average Bonchev–Trinajstić information content (AvgIpc) is 2.46. The molecule has 0 spiro atoms. The summed E-state index contributed by atoms with van der Waals surface area (Å²) in [6.07, 6.45) is 2.27. The number of rotatable bonds is 6. The highest BCUT2D eigenvalue weighted by atomic mass is 14.9. The van der Waals surface area contributed by atoms with Crippen LogP contribution in [0.3, 0.4) is 0 Å². The largest absolute Gasteiger partial charge is 0.383 e. The van der Waals surface area contributed by atoms with Crippen LogP contribution in [0, 0.1) is 0 Å². The van der Waals surface area contributed by atoms with Crippen molar-refractivity contribution < 1.29 is 0 Å². The lowest BCUT2D eigenvalue weighted by molar-refractivity contribution is 0.706. The smallest absolute Gasteiger partial charge is 0.0345 e. The van der Waals surface area contributed by atoms with Crippen molar-refractivity contribution in [2.45, 2.75) is 45.6 Å². The maximum absolute atomic E-state index is 3.61. The molecule has 0 radical (unpaired) electrons. The Bertz CT molecular complexity index is 516. The van der Waals surface area contributed by atoms with E-state index in [0.29, 0.717) is 12.0 Å². The normalized spacial score (nSPS) is 12.4. The lowest BCUT2D eigenvalue weighted by Gasteiger charge is -2.16. The SMILES string of the molecule is CC(CCc1ccccc1)Nc1cccc(C(C)C)c1. The topological polar surface area (TPSA) is 12.0 Å². The zero-order valence-corrected chi connectivity index (χ0v) is 12.8. The third-order valence-electron chi connectivity index (χ3n) is 3.68. The van der Waals surface area contributed by atoms with Gasteiger partial charge in [0.15, 0.2) is 0 Å². The highest BCUT2D eigenvalue weighted by Crippen LogP contribution is 2.19. The first kappa shape index (κ1) is 14.6. The number of nitrogens with one attached hydrogen (secondary N) is 1. The molecule has 1 unspecified atom stereocenters. The Morgan fingerprint density at radius 3 is 2.35 bits per heavy atom. The zero-order valence-electron chi connectivity index (χ0n) is 12.8. The molecular weight excluding hydrogens is 242 g/mol. The molecule has 0 aliphatic heterocycles. The van der Waals surface area contributed by atoms with Crippen LogP contribution in [0.15, 0.2) is 54.6 Å². The van der Waals surface area contributed by atoms with Gasteiger partial charge in [0.2, 0.25) is 0 Å². The quantitative estimate of drug-likeness (QED) is 0.754. The molecule has 0 aromatic heterocycles. The van der Waals surface area contributed by atoms with Gasteiger partial charge in [0.1, 0.15) is 0 Å². The molecule has 0 saturated carbocycles. The lowest BCUT2D eigenvalue weighted by Crippen LogP contribution is -2.16. The average molecular weight is 267 g/mol. The van der Waals surface area contributed by atoms with Crippen LogP contribution in [-0.2, 0) is 6.42 Å². The predicted molar refractivity (Wildman–Crippen MR) is 88.4 cm³/mol. The molecule has 2 rings (SSSR count). The second kappa shape index (κ2) is 7.14. The summed E-state index contributed by atoms with van der Waals surface area (Å²) in [7, 11) is 0. The first-order chi connectivity index (χ1) is 9.65. The molecule has 0 bridgehead atoms. The molecule has 1 nitrogen and oxygen atoms in total. The summed E-state index contributed by atoms with van der Waals surface area (Å²) in [5.41, 5.74) is 4.04. The summed E-state index contributed by atoms with van der Waals surface area (Å²) in [6, 6.07) is 19.9. The number of hydrogen-bond acceptors (Lipinski definition) is 1. The van der Waals surface area contributed by atoms with Crippen molar-refractivity contribution in [1.29, 1.82) is 0 Å². The van der Waals surface area contributed by atoms with Gasteiger partial charge in [0.05, 0.1) is 0 Å². The van der Waals surface area contributed by atoms with Crippen molar-refractivity contribution in [2.75, 3.05) is 5.32 Å². The summed E-state index contributed by atoms with van der Waals surface area (Å²) >= 11 is 0. The van der Waals surface area contributed by atoms with Gasteiger partial charge >= 0.3 is 0 Å². The van der Waals surface area contributed by atoms with Gasteiger partial charge in [0, 0.05) is 11.7 Å². The highest BCUT2D eigenvalue weighted by molar-refractivity contribution is 5.47. The van der Waals surface area contributed by atoms with Crippen LogP contribution in [0.2, 0.25) is 0 Å². The van der Waals surface area contributed by atoms with E-state index in [-0.39, 0.29) is 0 Å². The third kappa shape index (κ3) is 4.41. The summed E-state index contributed by atoms with van der Waals surface area (Å²) < 4.78 is 0. The molecular formula is C19H25N. The van der Waals surface area contributed by atoms with E-state index in [9.17, 15) is 0 Å². The Morgan fingerprint density at radius 1 is 0.900 bits per heavy atom. The number of anilines is 1. The van der Waals surface area contributed by atoms with E-state index >= 15 is 0 Å². The molecule has 0 aliphatic carbocycles. The minimum absolute atomic E-state index is 0.484. The van der Waals surface area contributed by atoms with Crippen molar-refractivity contribution in [1.82, 2.24) is 0 Å². The van der Waals surface area contributed by atoms with Gasteiger partial charge in [-0.2, -0.15) is 0 Å². The summed E-state index contributed by atoms with van der Waals surface area (Å²) in [4.78, 5) is 0. The zero-order chi connectivity index (χ0) is 14.4. The summed E-state index contributed by atoms with van der Waals surface area (Å²) in [5, 5.41) is 3.61. The van der Waals surface area contributed by atoms with Gasteiger partial charge < -0.3 is 5.32 Å². The molecule has 0 aliphatic rings. The van der Waals surface area contributed by atoms with Gasteiger partial charge in [-0.1, -0.05) is 56.3 Å². The van der Waals surface area contributed by atoms with E-state index in [4.69, 9.17) is 0 Å². The van der Waals surface area contributed by atoms with Gasteiger partial charge in [0.25, 0.3) is 0 Å². The molecule has 1 heteroatoms. The van der Waals surface area contributed by atoms with Crippen molar-refractivity contribution in [2.24, 2.45) is 0 Å². The maximum Gasteiger partial charge on any atom is 0.0345 e. The minimum Gasteiger partial charge on any atom is -0.383 e. The first-order valence-electron chi connectivity index (χ1n) is 7.55. The first-order valence-corrected chi connectivity index (χ1v) is 7.55. The van der Waals surface area contributed by atoms with Crippen LogP contribution in [0.4, 0.5) is 5.69 Å². The Morgan fingerprint density at radius 2 is 1.65 bits per heavy atom. The van der Waals surface area contributed by atoms with Gasteiger partial charge in [-0.25, -0.2) is 0 Å². The van der Waals surface area contributed by atoms with E-state index in [1.165, 1.54) is 16.8 Å². The molecule has 0 heterocycles. The Balaban J connectivity index is 1.88. The minimum atomic E-state index is 0.484. The maximum atomic E-state index is 3.61. The van der Waals surface area contributed by atoms with Crippen LogP contribution in [-0.4, -0.2) is 6.04 Å². The Labute approximate surface area is 123 Å². The lowest BCUT2D eigenvalue weighted by atomic mass is 10.0. The Hall–Kier alpha value is -1.76. The van der Waals surface area contributed by atoms with Gasteiger partial charge in [-0.05, 0) is 48.9 Å². The highest BCUT2D eigenvalue weighted by Gasteiger charge is 2.04. The number of benzene rings is 2. The van der Waals surface area contributed by atoms with Crippen LogP contribution < -0.4 is 5.32 Å². The molecule has 106 valence electrons. The van der Waals surface area contributed by atoms with Crippen molar-refractivity contribution in [3.8, 4) is 0 Å². The molecule has 1 N–H and O–H groups in total. The van der Waals surface area contributed by atoms with E-state index in [0.717, 1.165) is 12.8 Å². The molecule has 0 amide bonds. The fourth-order valence-electron chi connectivity index (χ4n) is 2.37. The van der Waals surface area contributed by atoms with Crippen LogP contribution in [0.1, 0.15) is 44.2 Å². The summed E-state index contributed by atoms with van der Waals surface area (Å²) in [6.45, 7) is 6.72. The van der Waals surface area contributed by atoms with Crippen molar-refractivity contribution in [3.63, 3.8) is 0 Å². The van der Waals surface area contributed by atoms with E-state index < -0.39 is 0 Å². The van der Waals surface area contributed by atoms with E-state index in [1.807, 2.05) is 0 Å². The molecule has 20 heavy (non-hydrogen) atoms. The second-order valence-corrected chi connectivity index (χ2v) is 5.85. The molecule has 0 saturated heterocycles. The molecule has 2 aromatic rings. The van der Waals surface area contributed by atoms with Gasteiger partial charge in [-0.15, -0.1) is 0 Å². The predicted octanol–water partition coefficient (Wildman–Crippen LogP) is 5.24. The molecule has 0 fully saturated rings. The van der Waals surface area contributed by atoms with Gasteiger partial charge in [-0.3, -0.25) is 0 Å². The number of aryl methyl sites for hydroxylation is 1.